The van der Waals surface area contributed by atoms with Crippen LogP contribution in [0.3, 0.4) is 0 Å². The number of hydrogen-bond acceptors (Lipinski definition) is 3. The Bertz CT molecular complexity index is 860. The molecule has 3 aromatic rings. The first-order valence-electron chi connectivity index (χ1n) is 7.92. The van der Waals surface area contributed by atoms with Crippen LogP contribution in [0.1, 0.15) is 28.7 Å². The molecule has 3 heterocycles. The Morgan fingerprint density at radius 1 is 1.29 bits per heavy atom. The molecule has 24 heavy (non-hydrogen) atoms. The molecule has 6 heteroatoms. The Morgan fingerprint density at radius 2 is 2.04 bits per heavy atom. The van der Waals surface area contributed by atoms with E-state index in [-0.39, 0.29) is 5.91 Å². The largest absolute Gasteiger partial charge is 0.337 e. The van der Waals surface area contributed by atoms with Gasteiger partial charge in [0, 0.05) is 42.8 Å². The summed E-state index contributed by atoms with van der Waals surface area (Å²) >= 11 is 6.01. The molecular weight excluding hydrogens is 324 g/mol. The summed E-state index contributed by atoms with van der Waals surface area (Å²) in [6, 6.07) is 7.47. The van der Waals surface area contributed by atoms with Gasteiger partial charge < -0.3 is 4.90 Å². The van der Waals surface area contributed by atoms with E-state index < -0.39 is 0 Å². The van der Waals surface area contributed by atoms with Crippen LogP contribution >= 0.6 is 11.6 Å². The molecule has 5 nitrogen and oxygen atoms in total. The van der Waals surface area contributed by atoms with Gasteiger partial charge in [0.2, 0.25) is 0 Å². The molecular formula is C18H19ClN4O. The lowest BCUT2D eigenvalue weighted by Crippen LogP contribution is -2.34. The van der Waals surface area contributed by atoms with Crippen LogP contribution < -0.4 is 0 Å². The number of carbonyl (C=O) groups excluding carboxylic acids is 1. The number of likely N-dealkylation sites (N-methyl/N-ethyl adjacent to an activating group) is 1. The first-order chi connectivity index (χ1) is 11.6. The number of amides is 1. The third-order valence-electron chi connectivity index (χ3n) is 4.05. The molecule has 0 aromatic carbocycles. The van der Waals surface area contributed by atoms with Crippen LogP contribution in [0.25, 0.3) is 5.65 Å². The van der Waals surface area contributed by atoms with E-state index in [4.69, 9.17) is 11.6 Å². The fourth-order valence-electron chi connectivity index (χ4n) is 2.76. The Balaban J connectivity index is 1.85. The predicted molar refractivity (Wildman–Crippen MR) is 94.5 cm³/mol. The third kappa shape index (κ3) is 3.26. The lowest BCUT2D eigenvalue weighted by atomic mass is 10.2. The zero-order valence-corrected chi connectivity index (χ0v) is 14.5. The molecule has 0 atom stereocenters. The van der Waals surface area contributed by atoms with Crippen LogP contribution in [0.4, 0.5) is 0 Å². The van der Waals surface area contributed by atoms with Crippen LogP contribution in [0.15, 0.2) is 42.9 Å². The van der Waals surface area contributed by atoms with E-state index in [9.17, 15) is 4.79 Å². The van der Waals surface area contributed by atoms with E-state index >= 15 is 0 Å². The lowest BCUT2D eigenvalue weighted by molar-refractivity contribution is 0.0758. The fraction of sp³-hybridized carbons (Fsp3) is 0.278. The Kier molecular flexibility index (Phi) is 4.81. The summed E-state index contributed by atoms with van der Waals surface area (Å²) in [4.78, 5) is 23.3. The molecule has 0 spiro atoms. The average Bonchev–Trinajstić information content (AvgIpc) is 2.91. The molecule has 0 aliphatic heterocycles. The van der Waals surface area contributed by atoms with Crippen molar-refractivity contribution in [1.82, 2.24) is 19.3 Å². The number of rotatable bonds is 5. The van der Waals surface area contributed by atoms with Crippen molar-refractivity contribution in [3.63, 3.8) is 0 Å². The summed E-state index contributed by atoms with van der Waals surface area (Å²) < 4.78 is 1.80. The maximum Gasteiger partial charge on any atom is 0.272 e. The highest BCUT2D eigenvalue weighted by Gasteiger charge is 2.21. The molecule has 3 rings (SSSR count). The highest BCUT2D eigenvalue weighted by molar-refractivity contribution is 6.30. The minimum absolute atomic E-state index is 0.0149. The second-order valence-electron chi connectivity index (χ2n) is 5.61. The summed E-state index contributed by atoms with van der Waals surface area (Å²) in [6.45, 7) is 5.13. The summed E-state index contributed by atoms with van der Waals surface area (Å²) in [7, 11) is 0. The maximum atomic E-state index is 13.0. The van der Waals surface area contributed by atoms with E-state index in [1.165, 1.54) is 0 Å². The van der Waals surface area contributed by atoms with Crippen molar-refractivity contribution >= 4 is 23.2 Å². The quantitative estimate of drug-likeness (QED) is 0.714. The van der Waals surface area contributed by atoms with Gasteiger partial charge in [-0.1, -0.05) is 11.6 Å². The summed E-state index contributed by atoms with van der Waals surface area (Å²) in [5.74, 6) is -0.0149. The SMILES string of the molecule is CCN(CCc1ccncc1)C(=O)c1c(C)nc2cc(Cl)ccn12. The van der Waals surface area contributed by atoms with Gasteiger partial charge in [-0.3, -0.25) is 14.2 Å². The van der Waals surface area contributed by atoms with Gasteiger partial charge in [-0.05, 0) is 44.0 Å². The van der Waals surface area contributed by atoms with E-state index in [1.807, 2.05) is 30.9 Å². The van der Waals surface area contributed by atoms with Gasteiger partial charge >= 0.3 is 0 Å². The van der Waals surface area contributed by atoms with Gasteiger partial charge in [0.05, 0.1) is 5.69 Å². The van der Waals surface area contributed by atoms with Crippen LogP contribution in [0, 0.1) is 6.92 Å². The molecule has 124 valence electrons. The van der Waals surface area contributed by atoms with Gasteiger partial charge in [-0.25, -0.2) is 4.98 Å². The minimum Gasteiger partial charge on any atom is -0.337 e. The number of aryl methyl sites for hydroxylation is 1. The molecule has 0 fully saturated rings. The summed E-state index contributed by atoms with van der Waals surface area (Å²) in [5, 5.41) is 0.608. The van der Waals surface area contributed by atoms with Gasteiger partial charge in [0.15, 0.2) is 0 Å². The van der Waals surface area contributed by atoms with Crippen molar-refractivity contribution in [3.8, 4) is 0 Å². The van der Waals surface area contributed by atoms with E-state index in [1.54, 1.807) is 35.1 Å². The Hall–Kier alpha value is -2.40. The first-order valence-corrected chi connectivity index (χ1v) is 8.30. The monoisotopic (exact) mass is 342 g/mol. The van der Waals surface area contributed by atoms with Gasteiger partial charge in [0.1, 0.15) is 11.3 Å². The van der Waals surface area contributed by atoms with Crippen LogP contribution in [0.5, 0.6) is 0 Å². The molecule has 0 bridgehead atoms. The number of nitrogens with zero attached hydrogens (tertiary/aromatic N) is 4. The first kappa shape index (κ1) is 16.5. The van der Waals surface area contributed by atoms with E-state index in [2.05, 4.69) is 9.97 Å². The number of carbonyl (C=O) groups is 1. The van der Waals surface area contributed by atoms with Gasteiger partial charge in [-0.15, -0.1) is 0 Å². The Labute approximate surface area is 145 Å². The highest BCUT2D eigenvalue weighted by atomic mass is 35.5. The second kappa shape index (κ2) is 7.01. The molecule has 0 saturated heterocycles. The Morgan fingerprint density at radius 3 is 2.75 bits per heavy atom. The average molecular weight is 343 g/mol. The number of fused-ring (bicyclic) bond motifs is 1. The second-order valence-corrected chi connectivity index (χ2v) is 6.05. The number of aromatic nitrogens is 3. The minimum atomic E-state index is -0.0149. The standard InChI is InChI=1S/C18H19ClN4O/c1-3-22(10-6-14-4-8-20-9-5-14)18(24)17-13(2)21-16-12-15(19)7-11-23(16)17/h4-5,7-9,11-12H,3,6,10H2,1-2H3. The molecule has 0 radical (unpaired) electrons. The number of halogens is 1. The zero-order valence-electron chi connectivity index (χ0n) is 13.7. The van der Waals surface area contributed by atoms with Crippen LogP contribution in [-0.2, 0) is 6.42 Å². The molecule has 1 amide bonds. The summed E-state index contributed by atoms with van der Waals surface area (Å²) in [6.07, 6.45) is 6.13. The van der Waals surface area contributed by atoms with Crippen LogP contribution in [-0.4, -0.2) is 38.3 Å². The van der Waals surface area contributed by atoms with Crippen molar-refractivity contribution in [3.05, 3.63) is 64.8 Å². The van der Waals surface area contributed by atoms with Crippen molar-refractivity contribution in [2.24, 2.45) is 0 Å². The predicted octanol–water partition coefficient (Wildman–Crippen LogP) is 3.40. The highest BCUT2D eigenvalue weighted by Crippen LogP contribution is 2.18. The molecule has 0 N–H and O–H groups in total. The number of hydrogen-bond donors (Lipinski definition) is 0. The van der Waals surface area contributed by atoms with Crippen molar-refractivity contribution in [2.75, 3.05) is 13.1 Å². The molecule has 0 aliphatic carbocycles. The number of imidazole rings is 1. The van der Waals surface area contributed by atoms with Gasteiger partial charge in [-0.2, -0.15) is 0 Å². The number of pyridine rings is 2. The van der Waals surface area contributed by atoms with Crippen LogP contribution in [0.2, 0.25) is 5.02 Å². The summed E-state index contributed by atoms with van der Waals surface area (Å²) in [5.41, 5.74) is 3.16. The van der Waals surface area contributed by atoms with E-state index in [0.29, 0.717) is 35.1 Å². The third-order valence-corrected chi connectivity index (χ3v) is 4.29. The zero-order chi connectivity index (χ0) is 17.1. The molecule has 0 unspecified atom stereocenters. The normalized spacial score (nSPS) is 11.0. The van der Waals surface area contributed by atoms with Gasteiger partial charge in [0.25, 0.3) is 5.91 Å². The molecule has 3 aromatic heterocycles. The molecule has 0 saturated carbocycles. The van der Waals surface area contributed by atoms with E-state index in [0.717, 1.165) is 12.0 Å². The smallest absolute Gasteiger partial charge is 0.272 e. The van der Waals surface area contributed by atoms with Crippen molar-refractivity contribution in [1.29, 1.82) is 0 Å². The van der Waals surface area contributed by atoms with Crippen molar-refractivity contribution in [2.45, 2.75) is 20.3 Å². The topological polar surface area (TPSA) is 50.5 Å². The lowest BCUT2D eigenvalue weighted by Gasteiger charge is -2.21. The molecule has 0 aliphatic rings. The maximum absolute atomic E-state index is 13.0. The fourth-order valence-corrected chi connectivity index (χ4v) is 2.92. The van der Waals surface area contributed by atoms with Crippen molar-refractivity contribution < 1.29 is 4.79 Å².